The highest BCUT2D eigenvalue weighted by molar-refractivity contribution is 7.99. The fraction of sp³-hybridized carbons (Fsp3) is 0.353. The van der Waals surface area contributed by atoms with E-state index in [0.717, 1.165) is 18.4 Å². The molecule has 0 spiro atoms. The maximum Gasteiger partial charge on any atom is 0.256 e. The zero-order valence-corrected chi connectivity index (χ0v) is 14.7. The van der Waals surface area contributed by atoms with Crippen LogP contribution in [-0.2, 0) is 4.79 Å². The van der Waals surface area contributed by atoms with Crippen LogP contribution in [0.2, 0.25) is 5.02 Å². The molecule has 3 rings (SSSR count). The molecule has 0 bridgehead atoms. The number of hydrogen-bond donors (Lipinski definition) is 1. The molecule has 0 radical (unpaired) electrons. The SMILES string of the molecule is C[C@](C#N)(NC(=O)CSc1ncc(-c2ccc(Cl)cc2)o1)C1CC1. The van der Waals surface area contributed by atoms with Crippen molar-refractivity contribution in [3.8, 4) is 17.4 Å². The fourth-order valence-electron chi connectivity index (χ4n) is 2.41. The van der Waals surface area contributed by atoms with E-state index in [-0.39, 0.29) is 17.6 Å². The van der Waals surface area contributed by atoms with Gasteiger partial charge in [-0.05, 0) is 49.9 Å². The summed E-state index contributed by atoms with van der Waals surface area (Å²) in [5, 5.41) is 13.2. The molecule has 1 aliphatic rings. The van der Waals surface area contributed by atoms with Gasteiger partial charge in [0.1, 0.15) is 5.54 Å². The lowest BCUT2D eigenvalue weighted by Gasteiger charge is -2.22. The first-order chi connectivity index (χ1) is 11.5. The molecule has 24 heavy (non-hydrogen) atoms. The maximum atomic E-state index is 12.1. The summed E-state index contributed by atoms with van der Waals surface area (Å²) in [6.07, 6.45) is 3.59. The number of benzene rings is 1. The second-order valence-electron chi connectivity index (χ2n) is 5.92. The Morgan fingerprint density at radius 3 is 2.83 bits per heavy atom. The Kier molecular flexibility index (Phi) is 4.83. The zero-order valence-electron chi connectivity index (χ0n) is 13.1. The average molecular weight is 362 g/mol. The molecule has 2 aromatic rings. The predicted octanol–water partition coefficient (Wildman–Crippen LogP) is 3.90. The summed E-state index contributed by atoms with van der Waals surface area (Å²) in [6.45, 7) is 1.77. The van der Waals surface area contributed by atoms with Gasteiger partial charge in [0.05, 0.1) is 18.0 Å². The number of amides is 1. The molecule has 1 heterocycles. The van der Waals surface area contributed by atoms with Crippen LogP contribution in [0.15, 0.2) is 40.1 Å². The molecule has 5 nitrogen and oxygen atoms in total. The number of hydrogen-bond acceptors (Lipinski definition) is 5. The fourth-order valence-corrected chi connectivity index (χ4v) is 3.14. The number of aromatic nitrogens is 1. The van der Waals surface area contributed by atoms with E-state index < -0.39 is 5.54 Å². The molecular weight excluding hydrogens is 346 g/mol. The average Bonchev–Trinajstić information content (AvgIpc) is 3.33. The van der Waals surface area contributed by atoms with Crippen molar-refractivity contribution < 1.29 is 9.21 Å². The van der Waals surface area contributed by atoms with Gasteiger partial charge in [0.2, 0.25) is 5.91 Å². The Labute approximate surface area is 149 Å². The van der Waals surface area contributed by atoms with Crippen LogP contribution in [0.4, 0.5) is 0 Å². The lowest BCUT2D eigenvalue weighted by molar-refractivity contribution is -0.119. The highest BCUT2D eigenvalue weighted by Gasteiger charge is 2.42. The Morgan fingerprint density at radius 1 is 1.50 bits per heavy atom. The van der Waals surface area contributed by atoms with Gasteiger partial charge >= 0.3 is 0 Å². The van der Waals surface area contributed by atoms with Crippen molar-refractivity contribution in [1.82, 2.24) is 10.3 Å². The number of oxazole rings is 1. The van der Waals surface area contributed by atoms with Crippen molar-refractivity contribution >= 4 is 29.3 Å². The number of nitrogens with one attached hydrogen (secondary N) is 1. The van der Waals surface area contributed by atoms with Gasteiger partial charge in [-0.15, -0.1) is 0 Å². The molecule has 7 heteroatoms. The quantitative estimate of drug-likeness (QED) is 0.789. The number of halogens is 1. The molecule has 1 aromatic heterocycles. The number of nitriles is 1. The van der Waals surface area contributed by atoms with E-state index in [9.17, 15) is 10.1 Å². The zero-order chi connectivity index (χ0) is 17.2. The van der Waals surface area contributed by atoms with Crippen molar-refractivity contribution in [2.75, 3.05) is 5.75 Å². The van der Waals surface area contributed by atoms with E-state index >= 15 is 0 Å². The standard InChI is InChI=1S/C17H16ClN3O2S/c1-17(10-19,12-4-5-12)21-15(22)9-24-16-20-8-14(23-16)11-2-6-13(18)7-3-11/h2-3,6-8,12H,4-5,9H2,1H3,(H,21,22)/t17-/m1/s1. The predicted molar refractivity (Wildman–Crippen MR) is 92.6 cm³/mol. The number of nitrogens with zero attached hydrogens (tertiary/aromatic N) is 2. The molecule has 1 aliphatic carbocycles. The van der Waals surface area contributed by atoms with Crippen LogP contribution in [-0.4, -0.2) is 22.2 Å². The molecule has 1 fully saturated rings. The van der Waals surface area contributed by atoms with Crippen molar-refractivity contribution in [2.45, 2.75) is 30.5 Å². The van der Waals surface area contributed by atoms with Gasteiger partial charge in [-0.3, -0.25) is 4.79 Å². The first kappa shape index (κ1) is 16.9. The Balaban J connectivity index is 1.56. The van der Waals surface area contributed by atoms with Crippen molar-refractivity contribution in [3.05, 3.63) is 35.5 Å². The number of carbonyl (C=O) groups excluding carboxylic acids is 1. The van der Waals surface area contributed by atoms with Gasteiger partial charge in [0.25, 0.3) is 5.22 Å². The van der Waals surface area contributed by atoms with Gasteiger partial charge in [-0.25, -0.2) is 4.98 Å². The number of carbonyl (C=O) groups is 1. The van der Waals surface area contributed by atoms with Crippen molar-refractivity contribution in [2.24, 2.45) is 5.92 Å². The van der Waals surface area contributed by atoms with Crippen LogP contribution in [0.1, 0.15) is 19.8 Å². The molecule has 0 aliphatic heterocycles. The topological polar surface area (TPSA) is 78.9 Å². The monoisotopic (exact) mass is 361 g/mol. The van der Waals surface area contributed by atoms with Gasteiger partial charge in [-0.1, -0.05) is 23.4 Å². The largest absolute Gasteiger partial charge is 0.431 e. The van der Waals surface area contributed by atoms with Crippen LogP contribution < -0.4 is 5.32 Å². The molecular formula is C17H16ClN3O2S. The van der Waals surface area contributed by atoms with Gasteiger partial charge < -0.3 is 9.73 Å². The second-order valence-corrected chi connectivity index (χ2v) is 7.29. The van der Waals surface area contributed by atoms with Gasteiger partial charge in [0, 0.05) is 10.6 Å². The first-order valence-corrected chi connectivity index (χ1v) is 8.93. The summed E-state index contributed by atoms with van der Waals surface area (Å²) >= 11 is 7.07. The Hall–Kier alpha value is -1.97. The maximum absolute atomic E-state index is 12.1. The van der Waals surface area contributed by atoms with E-state index in [2.05, 4.69) is 16.4 Å². The summed E-state index contributed by atoms with van der Waals surface area (Å²) in [4.78, 5) is 16.2. The second kappa shape index (κ2) is 6.88. The summed E-state index contributed by atoms with van der Waals surface area (Å²) in [7, 11) is 0. The van der Waals surface area contributed by atoms with Crippen LogP contribution >= 0.6 is 23.4 Å². The molecule has 0 saturated heterocycles. The third-order valence-corrected chi connectivity index (χ3v) is 5.06. The van der Waals surface area contributed by atoms with Crippen LogP contribution in [0.25, 0.3) is 11.3 Å². The minimum absolute atomic E-state index is 0.157. The minimum atomic E-state index is -0.775. The molecule has 0 unspecified atom stereocenters. The number of thioether (sulfide) groups is 1. The highest BCUT2D eigenvalue weighted by atomic mass is 35.5. The molecule has 1 aromatic carbocycles. The van der Waals surface area contributed by atoms with E-state index in [1.165, 1.54) is 11.8 Å². The third-order valence-electron chi connectivity index (χ3n) is 3.97. The smallest absolute Gasteiger partial charge is 0.256 e. The van der Waals surface area contributed by atoms with Gasteiger partial charge in [-0.2, -0.15) is 5.26 Å². The summed E-state index contributed by atoms with van der Waals surface area (Å²) < 4.78 is 5.64. The molecule has 1 amide bonds. The molecule has 1 N–H and O–H groups in total. The van der Waals surface area contributed by atoms with Crippen molar-refractivity contribution in [1.29, 1.82) is 5.26 Å². The highest BCUT2D eigenvalue weighted by Crippen LogP contribution is 2.39. The van der Waals surface area contributed by atoms with Crippen LogP contribution in [0.5, 0.6) is 0 Å². The first-order valence-electron chi connectivity index (χ1n) is 7.57. The Morgan fingerprint density at radius 2 is 2.21 bits per heavy atom. The lowest BCUT2D eigenvalue weighted by Crippen LogP contribution is -2.47. The lowest BCUT2D eigenvalue weighted by atomic mass is 9.98. The summed E-state index contributed by atoms with van der Waals surface area (Å²) in [5.41, 5.74) is 0.0943. The van der Waals surface area contributed by atoms with Crippen LogP contribution in [0.3, 0.4) is 0 Å². The normalized spacial score (nSPS) is 16.2. The molecule has 1 saturated carbocycles. The Bertz CT molecular complexity index is 780. The van der Waals surface area contributed by atoms with Crippen LogP contribution in [0, 0.1) is 17.2 Å². The van der Waals surface area contributed by atoms with E-state index in [0.29, 0.717) is 16.0 Å². The van der Waals surface area contributed by atoms with Gasteiger partial charge in [0.15, 0.2) is 5.76 Å². The number of rotatable bonds is 6. The minimum Gasteiger partial charge on any atom is -0.431 e. The van der Waals surface area contributed by atoms with E-state index in [1.807, 2.05) is 12.1 Å². The molecule has 124 valence electrons. The van der Waals surface area contributed by atoms with E-state index in [4.69, 9.17) is 16.0 Å². The third kappa shape index (κ3) is 3.92. The van der Waals surface area contributed by atoms with E-state index in [1.54, 1.807) is 25.3 Å². The molecule has 1 atom stereocenters. The van der Waals surface area contributed by atoms with Crippen molar-refractivity contribution in [3.63, 3.8) is 0 Å². The summed E-state index contributed by atoms with van der Waals surface area (Å²) in [6, 6.07) is 9.46. The summed E-state index contributed by atoms with van der Waals surface area (Å²) in [5.74, 6) is 0.844.